The molecule has 0 radical (unpaired) electrons. The summed E-state index contributed by atoms with van der Waals surface area (Å²) in [6, 6.07) is 14.5. The highest BCUT2D eigenvalue weighted by Crippen LogP contribution is 2.35. The predicted molar refractivity (Wildman–Crippen MR) is 130 cm³/mol. The monoisotopic (exact) mass is 511 g/mol. The number of carbonyl (C=O) groups excluding carboxylic acids is 2. The van der Waals surface area contributed by atoms with Crippen LogP contribution in [-0.2, 0) is 9.59 Å². The van der Waals surface area contributed by atoms with E-state index in [1.807, 2.05) is 31.2 Å². The van der Waals surface area contributed by atoms with Crippen molar-refractivity contribution in [3.05, 3.63) is 58.1 Å². The first-order valence-corrected chi connectivity index (χ1v) is 11.7. The molecule has 172 valence electrons. The zero-order chi connectivity index (χ0) is 23.6. The van der Waals surface area contributed by atoms with E-state index >= 15 is 0 Å². The van der Waals surface area contributed by atoms with E-state index in [0.29, 0.717) is 33.8 Å². The molecule has 7 nitrogen and oxygen atoms in total. The van der Waals surface area contributed by atoms with Crippen molar-refractivity contribution in [2.24, 2.45) is 0 Å². The topological polar surface area (TPSA) is 100 Å². The zero-order valence-corrected chi connectivity index (χ0v) is 20.0. The number of ether oxygens (including phenoxy) is 2. The summed E-state index contributed by atoms with van der Waals surface area (Å²) in [4.78, 5) is 24.8. The summed E-state index contributed by atoms with van der Waals surface area (Å²) < 4.78 is 12.0. The van der Waals surface area contributed by atoms with Crippen molar-refractivity contribution < 1.29 is 19.1 Å². The van der Waals surface area contributed by atoms with E-state index in [9.17, 15) is 14.9 Å². The van der Waals surface area contributed by atoms with Gasteiger partial charge in [-0.1, -0.05) is 47.0 Å². The summed E-state index contributed by atoms with van der Waals surface area (Å²) in [7, 11) is 0. The molecule has 0 unspecified atom stereocenters. The summed E-state index contributed by atoms with van der Waals surface area (Å²) in [5.74, 6) is 0.0946. The SMILES string of the molecule is CCOc1cc(/C=C(/C#N)C(=O)NC2CCCC2)c(Br)cc1OCC(=O)Nc1ccccc1. The van der Waals surface area contributed by atoms with Crippen LogP contribution in [0.15, 0.2) is 52.5 Å². The molecule has 0 heterocycles. The maximum atomic E-state index is 12.5. The van der Waals surface area contributed by atoms with Crippen LogP contribution in [0.3, 0.4) is 0 Å². The molecule has 0 atom stereocenters. The van der Waals surface area contributed by atoms with Crippen molar-refractivity contribution in [3.63, 3.8) is 0 Å². The van der Waals surface area contributed by atoms with Gasteiger partial charge in [0.05, 0.1) is 6.61 Å². The Morgan fingerprint density at radius 2 is 1.85 bits per heavy atom. The van der Waals surface area contributed by atoms with Crippen molar-refractivity contribution in [1.29, 1.82) is 5.26 Å². The van der Waals surface area contributed by atoms with Gasteiger partial charge in [0, 0.05) is 16.2 Å². The molecule has 3 rings (SSSR count). The van der Waals surface area contributed by atoms with E-state index in [2.05, 4.69) is 26.6 Å². The molecule has 8 heteroatoms. The number of amides is 2. The largest absolute Gasteiger partial charge is 0.490 e. The van der Waals surface area contributed by atoms with Crippen molar-refractivity contribution >= 4 is 39.5 Å². The fourth-order valence-corrected chi connectivity index (χ4v) is 3.98. The van der Waals surface area contributed by atoms with Gasteiger partial charge in [0.1, 0.15) is 11.6 Å². The lowest BCUT2D eigenvalue weighted by molar-refractivity contribution is -0.118. The van der Waals surface area contributed by atoms with Crippen molar-refractivity contribution in [1.82, 2.24) is 5.32 Å². The molecule has 2 N–H and O–H groups in total. The number of halogens is 1. The second-order valence-electron chi connectivity index (χ2n) is 7.58. The van der Waals surface area contributed by atoms with Gasteiger partial charge in [0.2, 0.25) is 0 Å². The fourth-order valence-electron chi connectivity index (χ4n) is 3.54. The standard InChI is InChI=1S/C25H26BrN3O4/c1-2-32-22-13-17(12-18(15-27)25(31)29-20-10-6-7-11-20)21(26)14-23(22)33-16-24(30)28-19-8-4-3-5-9-19/h3-5,8-9,12-14,20H,2,6-7,10-11,16H2,1H3,(H,28,30)(H,29,31)/b18-12-. The highest BCUT2D eigenvalue weighted by Gasteiger charge is 2.20. The molecule has 2 aromatic rings. The van der Waals surface area contributed by atoms with Crippen LogP contribution in [-0.4, -0.2) is 31.1 Å². The van der Waals surface area contributed by atoms with E-state index in [1.165, 1.54) is 6.08 Å². The fraction of sp³-hybridized carbons (Fsp3) is 0.320. The molecule has 1 saturated carbocycles. The maximum Gasteiger partial charge on any atom is 0.262 e. The van der Waals surface area contributed by atoms with Crippen LogP contribution >= 0.6 is 15.9 Å². The average molecular weight is 512 g/mol. The number of nitriles is 1. The van der Waals surface area contributed by atoms with E-state index < -0.39 is 0 Å². The van der Waals surface area contributed by atoms with Crippen LogP contribution in [0.25, 0.3) is 6.08 Å². The second-order valence-corrected chi connectivity index (χ2v) is 8.44. The lowest BCUT2D eigenvalue weighted by Crippen LogP contribution is -2.33. The molecule has 0 aliphatic heterocycles. The lowest BCUT2D eigenvalue weighted by Gasteiger charge is -2.15. The van der Waals surface area contributed by atoms with Gasteiger partial charge in [0.15, 0.2) is 18.1 Å². The molecule has 2 amide bonds. The minimum atomic E-state index is -0.382. The molecule has 1 fully saturated rings. The highest BCUT2D eigenvalue weighted by molar-refractivity contribution is 9.10. The quantitative estimate of drug-likeness (QED) is 0.370. The third-order valence-corrected chi connectivity index (χ3v) is 5.82. The van der Waals surface area contributed by atoms with E-state index in [4.69, 9.17) is 9.47 Å². The first-order valence-electron chi connectivity index (χ1n) is 10.9. The van der Waals surface area contributed by atoms with Gasteiger partial charge in [-0.25, -0.2) is 0 Å². The Morgan fingerprint density at radius 3 is 2.52 bits per heavy atom. The van der Waals surface area contributed by atoms with Crippen LogP contribution in [0.2, 0.25) is 0 Å². The summed E-state index contributed by atoms with van der Waals surface area (Å²) in [5.41, 5.74) is 1.29. The summed E-state index contributed by atoms with van der Waals surface area (Å²) in [6.45, 7) is 2.01. The zero-order valence-electron chi connectivity index (χ0n) is 18.4. The summed E-state index contributed by atoms with van der Waals surface area (Å²) >= 11 is 3.47. The number of rotatable bonds is 9. The first kappa shape index (κ1) is 24.3. The Bertz CT molecular complexity index is 1060. The second kappa shape index (κ2) is 12.1. The normalized spacial score (nSPS) is 13.8. The smallest absolute Gasteiger partial charge is 0.262 e. The van der Waals surface area contributed by atoms with Gasteiger partial charge in [-0.3, -0.25) is 9.59 Å². The lowest BCUT2D eigenvalue weighted by atomic mass is 10.1. The molecule has 1 aliphatic carbocycles. The van der Waals surface area contributed by atoms with Gasteiger partial charge in [-0.05, 0) is 55.7 Å². The highest BCUT2D eigenvalue weighted by atomic mass is 79.9. The number of nitrogens with one attached hydrogen (secondary N) is 2. The van der Waals surface area contributed by atoms with Crippen LogP contribution < -0.4 is 20.1 Å². The van der Waals surface area contributed by atoms with Crippen molar-refractivity contribution in [3.8, 4) is 17.6 Å². The molecule has 1 aliphatic rings. The molecular formula is C25H26BrN3O4. The van der Waals surface area contributed by atoms with Crippen LogP contribution in [0.1, 0.15) is 38.2 Å². The Morgan fingerprint density at radius 1 is 1.15 bits per heavy atom. The average Bonchev–Trinajstić information content (AvgIpc) is 3.31. The molecular weight excluding hydrogens is 486 g/mol. The number of nitrogens with zero attached hydrogens (tertiary/aromatic N) is 1. The number of para-hydroxylation sites is 1. The Balaban J connectivity index is 1.73. The van der Waals surface area contributed by atoms with Gasteiger partial charge in [0.25, 0.3) is 11.8 Å². The maximum absolute atomic E-state index is 12.5. The predicted octanol–water partition coefficient (Wildman–Crippen LogP) is 4.83. The first-order chi connectivity index (χ1) is 16.0. The minimum Gasteiger partial charge on any atom is -0.490 e. The van der Waals surface area contributed by atoms with Crippen LogP contribution in [0.5, 0.6) is 11.5 Å². The number of hydrogen-bond acceptors (Lipinski definition) is 5. The molecule has 0 aromatic heterocycles. The van der Waals surface area contributed by atoms with Gasteiger partial charge in [-0.2, -0.15) is 5.26 Å². The van der Waals surface area contributed by atoms with Gasteiger partial charge in [-0.15, -0.1) is 0 Å². The third-order valence-electron chi connectivity index (χ3n) is 5.13. The van der Waals surface area contributed by atoms with E-state index in [0.717, 1.165) is 25.7 Å². The number of benzene rings is 2. The number of carbonyl (C=O) groups is 2. The Kier molecular flexibility index (Phi) is 8.90. The molecule has 0 saturated heterocycles. The number of anilines is 1. The van der Waals surface area contributed by atoms with E-state index in [1.54, 1.807) is 24.3 Å². The van der Waals surface area contributed by atoms with Crippen molar-refractivity contribution in [2.75, 3.05) is 18.5 Å². The molecule has 33 heavy (non-hydrogen) atoms. The van der Waals surface area contributed by atoms with Crippen LogP contribution in [0.4, 0.5) is 5.69 Å². The van der Waals surface area contributed by atoms with Crippen molar-refractivity contribution in [2.45, 2.75) is 38.6 Å². The minimum absolute atomic E-state index is 0.0148. The number of hydrogen-bond donors (Lipinski definition) is 2. The van der Waals surface area contributed by atoms with E-state index in [-0.39, 0.29) is 30.0 Å². The van der Waals surface area contributed by atoms with Crippen LogP contribution in [0, 0.1) is 11.3 Å². The van der Waals surface area contributed by atoms with Gasteiger partial charge < -0.3 is 20.1 Å². The molecule has 0 spiro atoms. The molecule has 0 bridgehead atoms. The molecule has 2 aromatic carbocycles. The Labute approximate surface area is 201 Å². The third kappa shape index (κ3) is 7.09. The summed E-state index contributed by atoms with van der Waals surface area (Å²) in [6.07, 6.45) is 5.57. The van der Waals surface area contributed by atoms with Gasteiger partial charge >= 0.3 is 0 Å². The summed E-state index contributed by atoms with van der Waals surface area (Å²) in [5, 5.41) is 15.2. The Hall–Kier alpha value is -3.31.